The zero-order valence-corrected chi connectivity index (χ0v) is 17.4. The van der Waals surface area contributed by atoms with E-state index in [2.05, 4.69) is 54.9 Å². The third kappa shape index (κ3) is 7.46. The lowest BCUT2D eigenvalue weighted by Crippen LogP contribution is -2.42. The Hall–Kier alpha value is -1.40. The van der Waals surface area contributed by atoms with Crippen molar-refractivity contribution in [2.75, 3.05) is 40.0 Å². The second-order valence-electron chi connectivity index (χ2n) is 7.01. The van der Waals surface area contributed by atoms with Crippen LogP contribution in [-0.4, -0.2) is 62.2 Å². The van der Waals surface area contributed by atoms with Gasteiger partial charge in [-0.15, -0.1) is 0 Å². The molecule has 146 valence electrons. The van der Waals surface area contributed by atoms with E-state index in [1.165, 1.54) is 19.3 Å². The summed E-state index contributed by atoms with van der Waals surface area (Å²) in [6.07, 6.45) is 5.95. The molecule has 1 aromatic carbocycles. The minimum absolute atomic E-state index is 0.533. The van der Waals surface area contributed by atoms with E-state index < -0.39 is 0 Å². The minimum atomic E-state index is 0.533. The highest BCUT2D eigenvalue weighted by Crippen LogP contribution is 2.28. The number of hydrogen-bond acceptors (Lipinski definition) is 4. The summed E-state index contributed by atoms with van der Waals surface area (Å²) < 4.78 is 5.82. The molecule has 2 N–H and O–H groups in total. The molecule has 26 heavy (non-hydrogen) atoms. The predicted molar refractivity (Wildman–Crippen MR) is 113 cm³/mol. The normalized spacial score (nSPS) is 20.4. The molecule has 2 rings (SSSR count). The van der Waals surface area contributed by atoms with Crippen molar-refractivity contribution in [2.24, 2.45) is 4.99 Å². The van der Waals surface area contributed by atoms with Crippen LogP contribution in [0.4, 0.5) is 0 Å². The zero-order chi connectivity index (χ0) is 18.8. The number of guanidine groups is 1. The highest BCUT2D eigenvalue weighted by molar-refractivity contribution is 7.99. The number of nitrogens with zero attached hydrogens (tertiary/aromatic N) is 2. The van der Waals surface area contributed by atoms with E-state index in [9.17, 15) is 0 Å². The van der Waals surface area contributed by atoms with E-state index in [-0.39, 0.29) is 0 Å². The quantitative estimate of drug-likeness (QED) is 0.511. The van der Waals surface area contributed by atoms with Gasteiger partial charge in [0.15, 0.2) is 5.96 Å². The monoisotopic (exact) mass is 378 g/mol. The molecule has 1 saturated carbocycles. The first-order chi connectivity index (χ1) is 12.6. The van der Waals surface area contributed by atoms with Crippen molar-refractivity contribution >= 4 is 17.7 Å². The molecule has 1 aliphatic carbocycles. The van der Waals surface area contributed by atoms with E-state index in [1.807, 2.05) is 23.9 Å². The fourth-order valence-electron chi connectivity index (χ4n) is 3.05. The van der Waals surface area contributed by atoms with Crippen molar-refractivity contribution in [3.63, 3.8) is 0 Å². The molecule has 0 aliphatic heterocycles. The van der Waals surface area contributed by atoms with Gasteiger partial charge in [0.2, 0.25) is 0 Å². The van der Waals surface area contributed by atoms with Crippen LogP contribution in [0.25, 0.3) is 0 Å². The molecule has 0 spiro atoms. The number of likely N-dealkylation sites (N-methyl/N-ethyl adjacent to an activating group) is 1. The molecule has 6 heteroatoms. The lowest BCUT2D eigenvalue weighted by molar-refractivity contribution is 0.261. The summed E-state index contributed by atoms with van der Waals surface area (Å²) in [4.78, 5) is 6.89. The van der Waals surface area contributed by atoms with Gasteiger partial charge in [-0.25, -0.2) is 4.99 Å². The topological polar surface area (TPSA) is 48.9 Å². The van der Waals surface area contributed by atoms with Crippen LogP contribution in [0.1, 0.15) is 31.7 Å². The smallest absolute Gasteiger partial charge is 0.191 e. The maximum Gasteiger partial charge on any atom is 0.191 e. The molecule has 2 atom stereocenters. The maximum atomic E-state index is 5.82. The Bertz CT molecular complexity index is 564. The average Bonchev–Trinajstić information content (AvgIpc) is 3.07. The third-order valence-corrected chi connectivity index (χ3v) is 5.62. The molecule has 1 aromatic rings. The highest BCUT2D eigenvalue weighted by Gasteiger charge is 2.24. The minimum Gasteiger partial charge on any atom is -0.492 e. The zero-order valence-electron chi connectivity index (χ0n) is 16.6. The van der Waals surface area contributed by atoms with Crippen LogP contribution in [0.15, 0.2) is 29.3 Å². The first-order valence-electron chi connectivity index (χ1n) is 9.54. The van der Waals surface area contributed by atoms with Gasteiger partial charge < -0.3 is 20.3 Å². The van der Waals surface area contributed by atoms with Crippen LogP contribution in [0, 0.1) is 0 Å². The summed E-state index contributed by atoms with van der Waals surface area (Å²) in [6, 6.07) is 8.77. The molecular formula is C20H34N4OS. The van der Waals surface area contributed by atoms with Gasteiger partial charge in [-0.3, -0.25) is 0 Å². The first kappa shape index (κ1) is 20.9. The molecule has 0 amide bonds. The van der Waals surface area contributed by atoms with Crippen molar-refractivity contribution in [1.82, 2.24) is 15.5 Å². The summed E-state index contributed by atoms with van der Waals surface area (Å²) in [5.74, 6) is 1.83. The van der Waals surface area contributed by atoms with Gasteiger partial charge in [-0.1, -0.05) is 12.1 Å². The summed E-state index contributed by atoms with van der Waals surface area (Å²) >= 11 is 1.98. The van der Waals surface area contributed by atoms with Gasteiger partial charge in [0.1, 0.15) is 12.4 Å². The van der Waals surface area contributed by atoms with Gasteiger partial charge in [0.05, 0.1) is 6.54 Å². The largest absolute Gasteiger partial charge is 0.492 e. The van der Waals surface area contributed by atoms with Crippen LogP contribution >= 0.6 is 11.8 Å². The molecule has 0 aromatic heterocycles. The van der Waals surface area contributed by atoms with Crippen LogP contribution in [0.5, 0.6) is 5.75 Å². The van der Waals surface area contributed by atoms with Crippen LogP contribution in [0.3, 0.4) is 0 Å². The molecule has 1 aliphatic rings. The Morgan fingerprint density at radius 3 is 2.88 bits per heavy atom. The Balaban J connectivity index is 1.89. The Morgan fingerprint density at radius 1 is 1.35 bits per heavy atom. The van der Waals surface area contributed by atoms with Crippen LogP contribution < -0.4 is 15.4 Å². The van der Waals surface area contributed by atoms with E-state index in [1.54, 1.807) is 0 Å². The summed E-state index contributed by atoms with van der Waals surface area (Å²) in [7, 11) is 4.10. The highest BCUT2D eigenvalue weighted by atomic mass is 32.2. The van der Waals surface area contributed by atoms with Crippen LogP contribution in [-0.2, 0) is 6.54 Å². The van der Waals surface area contributed by atoms with Crippen molar-refractivity contribution in [3.05, 3.63) is 29.8 Å². The molecule has 5 nitrogen and oxygen atoms in total. The fraction of sp³-hybridized carbons (Fsp3) is 0.650. The van der Waals surface area contributed by atoms with Gasteiger partial charge >= 0.3 is 0 Å². The second-order valence-corrected chi connectivity index (χ2v) is 8.14. The SMILES string of the molecule is CCNC(=NCc1cccc(OCCN(C)C)c1)NC1CCC(SC)C1. The Kier molecular flexibility index (Phi) is 9.12. The molecule has 0 bridgehead atoms. The van der Waals surface area contributed by atoms with Crippen LogP contribution in [0.2, 0.25) is 0 Å². The lowest BCUT2D eigenvalue weighted by atomic mass is 10.2. The summed E-state index contributed by atoms with van der Waals surface area (Å²) in [5, 5.41) is 7.75. The molecule has 0 radical (unpaired) electrons. The van der Waals surface area contributed by atoms with E-state index in [0.29, 0.717) is 19.2 Å². The number of thioether (sulfide) groups is 1. The summed E-state index contributed by atoms with van der Waals surface area (Å²) in [5.41, 5.74) is 1.16. The first-order valence-corrected chi connectivity index (χ1v) is 10.8. The van der Waals surface area contributed by atoms with Gasteiger partial charge in [-0.05, 0) is 64.2 Å². The van der Waals surface area contributed by atoms with E-state index >= 15 is 0 Å². The van der Waals surface area contributed by atoms with E-state index in [4.69, 9.17) is 9.73 Å². The molecular weight excluding hydrogens is 344 g/mol. The number of rotatable bonds is 9. The third-order valence-electron chi connectivity index (χ3n) is 4.53. The number of benzene rings is 1. The number of hydrogen-bond donors (Lipinski definition) is 2. The Morgan fingerprint density at radius 2 is 2.19 bits per heavy atom. The summed E-state index contributed by atoms with van der Waals surface area (Å²) in [6.45, 7) is 5.24. The number of ether oxygens (including phenoxy) is 1. The fourth-order valence-corrected chi connectivity index (χ4v) is 3.85. The standard InChI is InChI=1S/C20H34N4OS/c1-5-21-20(23-17-9-10-19(14-17)26-4)22-15-16-7-6-8-18(13-16)25-12-11-24(2)3/h6-8,13,17,19H,5,9-12,14-15H2,1-4H3,(H2,21,22,23). The number of nitrogens with one attached hydrogen (secondary N) is 2. The average molecular weight is 379 g/mol. The Labute approximate surface area is 163 Å². The number of aliphatic imine (C=N–C) groups is 1. The van der Waals surface area contributed by atoms with E-state index in [0.717, 1.165) is 35.6 Å². The predicted octanol–water partition coefficient (Wildman–Crippen LogP) is 2.97. The van der Waals surface area contributed by atoms with Gasteiger partial charge in [0, 0.05) is 24.4 Å². The maximum absolute atomic E-state index is 5.82. The lowest BCUT2D eigenvalue weighted by Gasteiger charge is -2.17. The van der Waals surface area contributed by atoms with Crippen molar-refractivity contribution in [3.8, 4) is 5.75 Å². The molecule has 0 saturated heterocycles. The second kappa shape index (κ2) is 11.3. The van der Waals surface area contributed by atoms with Crippen molar-refractivity contribution < 1.29 is 4.74 Å². The van der Waals surface area contributed by atoms with Crippen molar-refractivity contribution in [2.45, 2.75) is 44.0 Å². The van der Waals surface area contributed by atoms with Gasteiger partial charge in [-0.2, -0.15) is 11.8 Å². The molecule has 0 heterocycles. The van der Waals surface area contributed by atoms with Crippen molar-refractivity contribution in [1.29, 1.82) is 0 Å². The molecule has 2 unspecified atom stereocenters. The molecule has 1 fully saturated rings. The van der Waals surface area contributed by atoms with Gasteiger partial charge in [0.25, 0.3) is 0 Å².